The Morgan fingerprint density at radius 2 is 1.03 bits per heavy atom. The third-order valence-electron chi connectivity index (χ3n) is 7.13. The van der Waals surface area contributed by atoms with E-state index in [4.69, 9.17) is 15.2 Å². The van der Waals surface area contributed by atoms with Gasteiger partial charge in [-0.05, 0) is 31.6 Å². The minimum atomic E-state index is -0.186. The standard InChI is InChI=1S/C31H59NO5/c1-3-5-7-9-10-11-12-13-15-20-30(34)36-26-23-29(32)24-27-37-31(35)21-17-16-19-28(22-25-33)18-14-8-6-4-2/h25,28-29H,3-24,26-27,32H2,1-2H3. The molecule has 0 rings (SSSR count). The molecule has 2 unspecified atom stereocenters. The van der Waals surface area contributed by atoms with Crippen molar-refractivity contribution in [1.82, 2.24) is 0 Å². The van der Waals surface area contributed by atoms with Gasteiger partial charge in [-0.1, -0.05) is 110 Å². The SMILES string of the molecule is CCCCCCCCCCCC(=O)OCCC(N)CCOC(=O)CCCCC(CC=O)CCCCCC. The minimum Gasteiger partial charge on any atom is -0.466 e. The molecule has 2 atom stereocenters. The maximum absolute atomic E-state index is 12.0. The van der Waals surface area contributed by atoms with E-state index in [0.717, 1.165) is 44.8 Å². The van der Waals surface area contributed by atoms with Crippen molar-refractivity contribution in [3.63, 3.8) is 0 Å². The van der Waals surface area contributed by atoms with Gasteiger partial charge in [0.15, 0.2) is 0 Å². The van der Waals surface area contributed by atoms with E-state index in [0.29, 0.717) is 51.2 Å². The van der Waals surface area contributed by atoms with E-state index in [-0.39, 0.29) is 18.0 Å². The van der Waals surface area contributed by atoms with Gasteiger partial charge >= 0.3 is 11.9 Å². The molecule has 0 amide bonds. The van der Waals surface area contributed by atoms with Gasteiger partial charge in [-0.2, -0.15) is 0 Å². The summed E-state index contributed by atoms with van der Waals surface area (Å²) < 4.78 is 10.6. The first kappa shape index (κ1) is 35.6. The maximum Gasteiger partial charge on any atom is 0.305 e. The average molecular weight is 526 g/mol. The Morgan fingerprint density at radius 3 is 1.51 bits per heavy atom. The van der Waals surface area contributed by atoms with Crippen LogP contribution in [0.25, 0.3) is 0 Å². The molecule has 0 bridgehead atoms. The molecule has 0 saturated heterocycles. The molecule has 0 spiro atoms. The second-order valence-corrected chi connectivity index (χ2v) is 10.7. The highest BCUT2D eigenvalue weighted by Crippen LogP contribution is 2.20. The second-order valence-electron chi connectivity index (χ2n) is 10.7. The molecule has 37 heavy (non-hydrogen) atoms. The summed E-state index contributed by atoms with van der Waals surface area (Å²) in [5.41, 5.74) is 6.08. The summed E-state index contributed by atoms with van der Waals surface area (Å²) in [6, 6.07) is -0.148. The summed E-state index contributed by atoms with van der Waals surface area (Å²) in [7, 11) is 0. The van der Waals surface area contributed by atoms with Crippen molar-refractivity contribution < 1.29 is 23.9 Å². The molecular weight excluding hydrogens is 466 g/mol. The molecule has 0 aromatic heterocycles. The lowest BCUT2D eigenvalue weighted by Crippen LogP contribution is -2.25. The topological polar surface area (TPSA) is 95.7 Å². The van der Waals surface area contributed by atoms with Crippen molar-refractivity contribution in [3.8, 4) is 0 Å². The number of aldehydes is 1. The van der Waals surface area contributed by atoms with Crippen LogP contribution in [0.1, 0.15) is 155 Å². The number of hydrogen-bond acceptors (Lipinski definition) is 6. The van der Waals surface area contributed by atoms with Crippen LogP contribution in [0.2, 0.25) is 0 Å². The van der Waals surface area contributed by atoms with E-state index in [1.807, 2.05) is 0 Å². The largest absolute Gasteiger partial charge is 0.466 e. The second kappa shape index (κ2) is 27.6. The van der Waals surface area contributed by atoms with Gasteiger partial charge in [0, 0.05) is 25.3 Å². The molecule has 0 aliphatic carbocycles. The number of unbranched alkanes of at least 4 members (excludes halogenated alkanes) is 12. The van der Waals surface area contributed by atoms with Crippen molar-refractivity contribution in [1.29, 1.82) is 0 Å². The Kier molecular flexibility index (Phi) is 26.5. The smallest absolute Gasteiger partial charge is 0.305 e. The summed E-state index contributed by atoms with van der Waals surface area (Å²) in [5, 5.41) is 0. The van der Waals surface area contributed by atoms with Crippen LogP contribution >= 0.6 is 0 Å². The van der Waals surface area contributed by atoms with Gasteiger partial charge in [-0.25, -0.2) is 0 Å². The van der Waals surface area contributed by atoms with Gasteiger partial charge in [0.05, 0.1) is 13.2 Å². The quantitative estimate of drug-likeness (QED) is 0.0635. The lowest BCUT2D eigenvalue weighted by molar-refractivity contribution is -0.144. The summed E-state index contributed by atoms with van der Waals surface area (Å²) in [4.78, 5) is 34.8. The predicted molar refractivity (Wildman–Crippen MR) is 152 cm³/mol. The number of hydrogen-bond donors (Lipinski definition) is 1. The molecule has 0 radical (unpaired) electrons. The van der Waals surface area contributed by atoms with Crippen LogP contribution in [-0.4, -0.2) is 37.5 Å². The summed E-state index contributed by atoms with van der Waals surface area (Å²) in [6.45, 7) is 5.06. The molecule has 0 heterocycles. The van der Waals surface area contributed by atoms with E-state index in [2.05, 4.69) is 13.8 Å². The van der Waals surface area contributed by atoms with Crippen molar-refractivity contribution >= 4 is 18.2 Å². The van der Waals surface area contributed by atoms with Crippen LogP contribution in [0.4, 0.5) is 0 Å². The molecule has 0 fully saturated rings. The molecule has 0 aliphatic rings. The van der Waals surface area contributed by atoms with Gasteiger partial charge < -0.3 is 20.0 Å². The van der Waals surface area contributed by atoms with Gasteiger partial charge in [-0.15, -0.1) is 0 Å². The first-order chi connectivity index (χ1) is 18.0. The molecule has 0 saturated carbocycles. The van der Waals surface area contributed by atoms with E-state index in [1.54, 1.807) is 0 Å². The van der Waals surface area contributed by atoms with E-state index in [9.17, 15) is 14.4 Å². The Balaban J connectivity index is 3.63. The summed E-state index contributed by atoms with van der Waals surface area (Å²) in [5.74, 6) is 0.120. The number of nitrogens with two attached hydrogens (primary N) is 1. The third-order valence-corrected chi connectivity index (χ3v) is 7.13. The minimum absolute atomic E-state index is 0.141. The lowest BCUT2D eigenvalue weighted by atomic mass is 9.92. The molecule has 2 N–H and O–H groups in total. The third kappa shape index (κ3) is 26.0. The molecule has 0 aromatic carbocycles. The van der Waals surface area contributed by atoms with Gasteiger partial charge in [-0.3, -0.25) is 9.59 Å². The average Bonchev–Trinajstić information content (AvgIpc) is 2.88. The monoisotopic (exact) mass is 525 g/mol. The van der Waals surface area contributed by atoms with Crippen molar-refractivity contribution in [2.45, 2.75) is 161 Å². The molecule has 218 valence electrons. The molecule has 6 nitrogen and oxygen atoms in total. The number of rotatable bonds is 28. The van der Waals surface area contributed by atoms with Crippen molar-refractivity contribution in [2.75, 3.05) is 13.2 Å². The predicted octanol–water partition coefficient (Wildman–Crippen LogP) is 7.84. The van der Waals surface area contributed by atoms with E-state index < -0.39 is 0 Å². The zero-order valence-electron chi connectivity index (χ0n) is 24.3. The Bertz CT molecular complexity index is 540. The Hall–Kier alpha value is -1.43. The summed E-state index contributed by atoms with van der Waals surface area (Å²) in [6.07, 6.45) is 23.5. The zero-order valence-corrected chi connectivity index (χ0v) is 24.3. The van der Waals surface area contributed by atoms with Gasteiger partial charge in [0.25, 0.3) is 0 Å². The molecule has 0 aromatic rings. The van der Waals surface area contributed by atoms with E-state index in [1.165, 1.54) is 70.6 Å². The maximum atomic E-state index is 12.0. The first-order valence-corrected chi connectivity index (χ1v) is 15.5. The van der Waals surface area contributed by atoms with Crippen LogP contribution in [0.3, 0.4) is 0 Å². The fourth-order valence-electron chi connectivity index (χ4n) is 4.60. The lowest BCUT2D eigenvalue weighted by Gasteiger charge is -2.14. The fraction of sp³-hybridized carbons (Fsp3) is 0.903. The van der Waals surface area contributed by atoms with Crippen LogP contribution in [0, 0.1) is 5.92 Å². The van der Waals surface area contributed by atoms with Crippen LogP contribution in [-0.2, 0) is 23.9 Å². The number of esters is 2. The van der Waals surface area contributed by atoms with Crippen LogP contribution < -0.4 is 5.73 Å². The normalized spacial score (nSPS) is 12.7. The highest BCUT2D eigenvalue weighted by atomic mass is 16.5. The molecule has 6 heteroatoms. The molecule has 0 aliphatic heterocycles. The van der Waals surface area contributed by atoms with Gasteiger partial charge in [0.1, 0.15) is 6.29 Å². The first-order valence-electron chi connectivity index (χ1n) is 15.5. The zero-order chi connectivity index (χ0) is 27.4. The highest BCUT2D eigenvalue weighted by Gasteiger charge is 2.11. The summed E-state index contributed by atoms with van der Waals surface area (Å²) >= 11 is 0. The van der Waals surface area contributed by atoms with Crippen LogP contribution in [0.15, 0.2) is 0 Å². The molecular formula is C31H59NO5. The van der Waals surface area contributed by atoms with Crippen molar-refractivity contribution in [3.05, 3.63) is 0 Å². The number of ether oxygens (including phenoxy) is 2. The highest BCUT2D eigenvalue weighted by molar-refractivity contribution is 5.69. The van der Waals surface area contributed by atoms with E-state index >= 15 is 0 Å². The Morgan fingerprint density at radius 1 is 0.622 bits per heavy atom. The fourth-order valence-corrected chi connectivity index (χ4v) is 4.60. The number of carbonyl (C=O) groups is 3. The Labute approximate surface area is 228 Å². The van der Waals surface area contributed by atoms with Crippen molar-refractivity contribution in [2.24, 2.45) is 11.7 Å². The number of carbonyl (C=O) groups excluding carboxylic acids is 3. The van der Waals surface area contributed by atoms with Gasteiger partial charge in [0.2, 0.25) is 0 Å². The van der Waals surface area contributed by atoms with Crippen LogP contribution in [0.5, 0.6) is 0 Å².